The lowest BCUT2D eigenvalue weighted by molar-refractivity contribution is -0.122. The topological polar surface area (TPSA) is 99.7 Å². The number of carbonyl (C=O) groups is 1. The molecule has 146 valence electrons. The van der Waals surface area contributed by atoms with Crippen LogP contribution in [0.5, 0.6) is 0 Å². The van der Waals surface area contributed by atoms with Gasteiger partial charge in [0.2, 0.25) is 5.91 Å². The molecule has 7 nitrogen and oxygen atoms in total. The van der Waals surface area contributed by atoms with Gasteiger partial charge in [0.15, 0.2) is 0 Å². The highest BCUT2D eigenvalue weighted by atomic mass is 32.2. The molecule has 0 radical (unpaired) electrons. The molecule has 0 saturated carbocycles. The molecule has 1 aromatic carbocycles. The Labute approximate surface area is 160 Å². The van der Waals surface area contributed by atoms with Crippen molar-refractivity contribution in [2.45, 2.75) is 37.6 Å². The predicted octanol–water partition coefficient (Wildman–Crippen LogP) is 1.18. The quantitative estimate of drug-likeness (QED) is 0.635. The van der Waals surface area contributed by atoms with Crippen LogP contribution >= 0.6 is 0 Å². The molecule has 2 aliphatic rings. The number of benzene rings is 1. The summed E-state index contributed by atoms with van der Waals surface area (Å²) >= 11 is 0. The van der Waals surface area contributed by atoms with Crippen LogP contribution in [-0.4, -0.2) is 45.8 Å². The van der Waals surface area contributed by atoms with E-state index in [4.69, 9.17) is 0 Å². The molecule has 0 spiro atoms. The van der Waals surface area contributed by atoms with E-state index in [0.29, 0.717) is 18.5 Å². The third-order valence-electron chi connectivity index (χ3n) is 4.59. The minimum absolute atomic E-state index is 0.181. The molecular weight excluding hydrogens is 364 g/mol. The zero-order chi connectivity index (χ0) is 19.4. The molecule has 0 bridgehead atoms. The van der Waals surface area contributed by atoms with E-state index >= 15 is 0 Å². The van der Waals surface area contributed by atoms with Crippen LogP contribution in [0.15, 0.2) is 45.8 Å². The summed E-state index contributed by atoms with van der Waals surface area (Å²) in [6.45, 7) is 6.27. The van der Waals surface area contributed by atoms with Crippen molar-refractivity contribution < 1.29 is 13.2 Å². The van der Waals surface area contributed by atoms with E-state index in [-0.39, 0.29) is 22.6 Å². The van der Waals surface area contributed by atoms with E-state index in [9.17, 15) is 13.2 Å². The van der Waals surface area contributed by atoms with Crippen LogP contribution < -0.4 is 15.4 Å². The molecule has 1 aromatic rings. The molecule has 1 atom stereocenters. The summed E-state index contributed by atoms with van der Waals surface area (Å²) in [4.78, 5) is 17.4. The zero-order valence-electron chi connectivity index (χ0n) is 15.7. The average molecular weight is 391 g/mol. The second-order valence-corrected chi connectivity index (χ2v) is 8.91. The molecule has 3 rings (SSSR count). The van der Waals surface area contributed by atoms with E-state index in [2.05, 4.69) is 26.4 Å². The maximum absolute atomic E-state index is 12.7. The SMILES string of the molecule is CC(C)CC(N=C1NS(=O)(=O)c2ccccc21)C(=O)NCC1=CCNCC1. The van der Waals surface area contributed by atoms with Crippen LogP contribution in [-0.2, 0) is 14.8 Å². The number of aliphatic imine (C=N–C) groups is 1. The van der Waals surface area contributed by atoms with Gasteiger partial charge in [-0.05, 0) is 37.4 Å². The molecular formula is C19H26N4O3S. The monoisotopic (exact) mass is 390 g/mol. The van der Waals surface area contributed by atoms with Crippen LogP contribution in [0, 0.1) is 5.92 Å². The molecule has 2 aliphatic heterocycles. The van der Waals surface area contributed by atoms with Gasteiger partial charge in [-0.25, -0.2) is 8.42 Å². The summed E-state index contributed by atoms with van der Waals surface area (Å²) < 4.78 is 27.0. The standard InChI is InChI=1S/C19H26N4O3S/c1-13(2)11-16(19(24)21-12-14-7-9-20-10-8-14)22-18-15-5-3-4-6-17(15)27(25,26)23-18/h3-7,13,16,20H,8-12H2,1-2H3,(H,21,24)(H,22,23). The van der Waals surface area contributed by atoms with Crippen molar-refractivity contribution in [3.63, 3.8) is 0 Å². The van der Waals surface area contributed by atoms with Crippen LogP contribution in [0.3, 0.4) is 0 Å². The second-order valence-electron chi connectivity index (χ2n) is 7.26. The van der Waals surface area contributed by atoms with Crippen molar-refractivity contribution in [2.75, 3.05) is 19.6 Å². The maximum Gasteiger partial charge on any atom is 0.263 e. The molecule has 0 aliphatic carbocycles. The van der Waals surface area contributed by atoms with Gasteiger partial charge < -0.3 is 10.6 Å². The largest absolute Gasteiger partial charge is 0.350 e. The van der Waals surface area contributed by atoms with Crippen molar-refractivity contribution in [2.24, 2.45) is 10.9 Å². The highest BCUT2D eigenvalue weighted by molar-refractivity contribution is 7.90. The first-order chi connectivity index (χ1) is 12.9. The smallest absolute Gasteiger partial charge is 0.263 e. The molecule has 1 amide bonds. The van der Waals surface area contributed by atoms with E-state index in [0.717, 1.165) is 19.5 Å². The number of rotatable bonds is 6. The fourth-order valence-electron chi connectivity index (χ4n) is 3.20. The summed E-state index contributed by atoms with van der Waals surface area (Å²) in [7, 11) is -3.61. The van der Waals surface area contributed by atoms with E-state index < -0.39 is 16.1 Å². The number of amidine groups is 1. The van der Waals surface area contributed by atoms with Crippen molar-refractivity contribution in [3.8, 4) is 0 Å². The number of nitrogens with one attached hydrogen (secondary N) is 3. The van der Waals surface area contributed by atoms with Gasteiger partial charge in [-0.2, -0.15) is 0 Å². The molecule has 2 heterocycles. The van der Waals surface area contributed by atoms with Gasteiger partial charge in [-0.1, -0.05) is 37.6 Å². The zero-order valence-corrected chi connectivity index (χ0v) is 16.5. The molecule has 0 fully saturated rings. The van der Waals surface area contributed by atoms with Gasteiger partial charge in [0.25, 0.3) is 10.0 Å². The lowest BCUT2D eigenvalue weighted by atomic mass is 10.0. The fraction of sp³-hybridized carbons (Fsp3) is 0.474. The van der Waals surface area contributed by atoms with Crippen molar-refractivity contribution in [3.05, 3.63) is 41.5 Å². The summed E-state index contributed by atoms with van der Waals surface area (Å²) in [5.74, 6) is 0.308. The van der Waals surface area contributed by atoms with E-state index in [1.165, 1.54) is 5.57 Å². The predicted molar refractivity (Wildman–Crippen MR) is 105 cm³/mol. The fourth-order valence-corrected chi connectivity index (χ4v) is 4.44. The van der Waals surface area contributed by atoms with Gasteiger partial charge in [-0.3, -0.25) is 14.5 Å². The van der Waals surface area contributed by atoms with Crippen LogP contribution in [0.1, 0.15) is 32.3 Å². The Hall–Kier alpha value is -2.19. The Morgan fingerprint density at radius 2 is 2.07 bits per heavy atom. The highest BCUT2D eigenvalue weighted by Crippen LogP contribution is 2.23. The Morgan fingerprint density at radius 3 is 2.78 bits per heavy atom. The van der Waals surface area contributed by atoms with Gasteiger partial charge in [0.1, 0.15) is 11.9 Å². The molecule has 3 N–H and O–H groups in total. The van der Waals surface area contributed by atoms with Crippen molar-refractivity contribution in [1.82, 2.24) is 15.4 Å². The summed E-state index contributed by atoms with van der Waals surface area (Å²) in [6, 6.07) is 6.04. The van der Waals surface area contributed by atoms with Gasteiger partial charge in [0.05, 0.1) is 4.90 Å². The minimum atomic E-state index is -3.61. The van der Waals surface area contributed by atoms with Gasteiger partial charge >= 0.3 is 0 Å². The Kier molecular flexibility index (Phi) is 5.96. The number of carbonyl (C=O) groups excluding carboxylic acids is 1. The highest BCUT2D eigenvalue weighted by Gasteiger charge is 2.32. The van der Waals surface area contributed by atoms with Gasteiger partial charge in [0, 0.05) is 18.7 Å². The molecule has 8 heteroatoms. The number of fused-ring (bicyclic) bond motifs is 1. The number of amides is 1. The van der Waals surface area contributed by atoms with Crippen LogP contribution in [0.2, 0.25) is 0 Å². The number of nitrogens with zero attached hydrogens (tertiary/aromatic N) is 1. The normalized spacial score (nSPS) is 20.7. The lowest BCUT2D eigenvalue weighted by Crippen LogP contribution is -2.38. The molecule has 1 unspecified atom stereocenters. The van der Waals surface area contributed by atoms with Crippen LogP contribution in [0.25, 0.3) is 0 Å². The molecule has 27 heavy (non-hydrogen) atoms. The lowest BCUT2D eigenvalue weighted by Gasteiger charge is -2.18. The Balaban J connectivity index is 1.80. The average Bonchev–Trinajstić information content (AvgIpc) is 2.90. The Morgan fingerprint density at radius 1 is 1.30 bits per heavy atom. The third kappa shape index (κ3) is 4.75. The van der Waals surface area contributed by atoms with E-state index in [1.807, 2.05) is 13.8 Å². The third-order valence-corrected chi connectivity index (χ3v) is 5.99. The second kappa shape index (κ2) is 8.22. The van der Waals surface area contributed by atoms with Crippen molar-refractivity contribution in [1.29, 1.82) is 0 Å². The summed E-state index contributed by atoms with van der Waals surface area (Å²) in [5.41, 5.74) is 1.71. The van der Waals surface area contributed by atoms with E-state index in [1.54, 1.807) is 24.3 Å². The van der Waals surface area contributed by atoms with Crippen LogP contribution in [0.4, 0.5) is 0 Å². The Bertz CT molecular complexity index is 875. The molecule has 0 aromatic heterocycles. The number of hydrogen-bond donors (Lipinski definition) is 3. The summed E-state index contributed by atoms with van der Waals surface area (Å²) in [5, 5.41) is 6.20. The van der Waals surface area contributed by atoms with Gasteiger partial charge in [-0.15, -0.1) is 0 Å². The summed E-state index contributed by atoms with van der Waals surface area (Å²) in [6.07, 6.45) is 3.55. The molecule has 0 saturated heterocycles. The first-order valence-electron chi connectivity index (χ1n) is 9.23. The van der Waals surface area contributed by atoms with Crippen molar-refractivity contribution >= 4 is 21.8 Å². The number of sulfonamides is 1. The first-order valence-corrected chi connectivity index (χ1v) is 10.7. The maximum atomic E-state index is 12.7. The minimum Gasteiger partial charge on any atom is -0.350 e. The first kappa shape index (κ1) is 19.6. The number of hydrogen-bond acceptors (Lipinski definition) is 5.